The fraction of sp³-hybridized carbons (Fsp3) is 0.450. The molecule has 0 aliphatic carbocycles. The van der Waals surface area contributed by atoms with Crippen LogP contribution < -0.4 is 0 Å². The molecule has 0 fully saturated rings. The summed E-state index contributed by atoms with van der Waals surface area (Å²) in [6, 6.07) is 5.68. The number of nitrogens with zero attached hydrogens (tertiary/aromatic N) is 4. The molecule has 11 nitrogen and oxygen atoms in total. The van der Waals surface area contributed by atoms with Gasteiger partial charge in [0.2, 0.25) is 0 Å². The van der Waals surface area contributed by atoms with Crippen molar-refractivity contribution in [1.82, 2.24) is 14.5 Å². The molecule has 0 unspecified atom stereocenters. The van der Waals surface area contributed by atoms with Crippen LogP contribution in [-0.2, 0) is 40.5 Å². The number of non-ortho nitro benzene ring substituents is 1. The summed E-state index contributed by atoms with van der Waals surface area (Å²) >= 11 is 0. The second kappa shape index (κ2) is 9.02. The van der Waals surface area contributed by atoms with Gasteiger partial charge in [-0.3, -0.25) is 10.1 Å². The van der Waals surface area contributed by atoms with Gasteiger partial charge in [0.05, 0.1) is 23.4 Å². The molecule has 2 aromatic rings. The van der Waals surface area contributed by atoms with Crippen molar-refractivity contribution in [3.63, 3.8) is 0 Å². The van der Waals surface area contributed by atoms with E-state index < -0.39 is 16.7 Å². The molecule has 0 saturated carbocycles. The quantitative estimate of drug-likeness (QED) is 0.400. The van der Waals surface area contributed by atoms with E-state index in [4.69, 9.17) is 14.2 Å². The van der Waals surface area contributed by atoms with E-state index in [0.717, 1.165) is 5.69 Å². The lowest BCUT2D eigenvalue weighted by Gasteiger charge is -2.31. The molecule has 0 spiro atoms. The van der Waals surface area contributed by atoms with E-state index in [1.54, 1.807) is 11.1 Å². The second-order valence-corrected chi connectivity index (χ2v) is 7.97. The number of imidazole rings is 1. The van der Waals surface area contributed by atoms with Crippen molar-refractivity contribution in [2.24, 2.45) is 0 Å². The highest BCUT2D eigenvalue weighted by Crippen LogP contribution is 2.19. The number of nitro benzene ring substituents is 1. The van der Waals surface area contributed by atoms with E-state index in [2.05, 4.69) is 4.98 Å². The Morgan fingerprint density at radius 2 is 1.81 bits per heavy atom. The number of ether oxygens (including phenoxy) is 3. The highest BCUT2D eigenvalue weighted by molar-refractivity contribution is 5.68. The van der Waals surface area contributed by atoms with E-state index in [1.165, 1.54) is 24.3 Å². The fourth-order valence-electron chi connectivity index (χ4n) is 2.97. The minimum absolute atomic E-state index is 0.0411. The topological polar surface area (TPSA) is 126 Å². The van der Waals surface area contributed by atoms with Crippen LogP contribution in [0.5, 0.6) is 0 Å². The van der Waals surface area contributed by atoms with Crippen molar-refractivity contribution in [1.29, 1.82) is 0 Å². The van der Waals surface area contributed by atoms with E-state index in [9.17, 15) is 19.7 Å². The predicted molar refractivity (Wildman–Crippen MR) is 107 cm³/mol. The molecular formula is C20H24N4O7. The molecular weight excluding hydrogens is 408 g/mol. The molecule has 0 atom stereocenters. The normalized spacial score (nSPS) is 13.3. The molecule has 0 N–H and O–H groups in total. The number of nitro groups is 1. The number of benzene rings is 1. The maximum atomic E-state index is 12.2. The molecule has 166 valence electrons. The first-order chi connectivity index (χ1) is 14.6. The summed E-state index contributed by atoms with van der Waals surface area (Å²) in [5.74, 6) is 0.547. The number of hydrogen-bond donors (Lipinski definition) is 0. The summed E-state index contributed by atoms with van der Waals surface area (Å²) in [6.45, 7) is 6.61. The van der Waals surface area contributed by atoms with Crippen molar-refractivity contribution in [2.45, 2.75) is 52.7 Å². The maximum absolute atomic E-state index is 12.2. The van der Waals surface area contributed by atoms with Crippen molar-refractivity contribution in [3.8, 4) is 0 Å². The molecule has 1 amide bonds. The number of carbonyl (C=O) groups is 2. The largest absolute Gasteiger partial charge is 0.509 e. The highest BCUT2D eigenvalue weighted by atomic mass is 16.7. The van der Waals surface area contributed by atoms with Crippen LogP contribution in [0.25, 0.3) is 0 Å². The van der Waals surface area contributed by atoms with Crippen LogP contribution in [0, 0.1) is 10.1 Å². The van der Waals surface area contributed by atoms with Crippen LogP contribution in [0.3, 0.4) is 0 Å². The molecule has 3 rings (SSSR count). The molecule has 11 heteroatoms. The zero-order valence-corrected chi connectivity index (χ0v) is 17.6. The van der Waals surface area contributed by atoms with Gasteiger partial charge in [0, 0.05) is 25.2 Å². The Hall–Kier alpha value is -3.63. The van der Waals surface area contributed by atoms with E-state index in [-0.39, 0.29) is 25.0 Å². The second-order valence-electron chi connectivity index (χ2n) is 7.97. The lowest BCUT2D eigenvalue weighted by Crippen LogP contribution is -2.41. The van der Waals surface area contributed by atoms with Gasteiger partial charge in [-0.2, -0.15) is 0 Å². The van der Waals surface area contributed by atoms with Gasteiger partial charge >= 0.3 is 12.2 Å². The highest BCUT2D eigenvalue weighted by Gasteiger charge is 2.27. The van der Waals surface area contributed by atoms with E-state index in [0.29, 0.717) is 31.0 Å². The number of carbonyl (C=O) groups excluding carboxylic acids is 2. The van der Waals surface area contributed by atoms with Crippen LogP contribution in [0.1, 0.15) is 37.9 Å². The summed E-state index contributed by atoms with van der Waals surface area (Å²) in [7, 11) is 0. The lowest BCUT2D eigenvalue weighted by molar-refractivity contribution is -0.384. The van der Waals surface area contributed by atoms with Crippen molar-refractivity contribution < 1.29 is 28.7 Å². The van der Waals surface area contributed by atoms with Crippen LogP contribution >= 0.6 is 0 Å². The summed E-state index contributed by atoms with van der Waals surface area (Å²) in [4.78, 5) is 40.1. The third kappa shape index (κ3) is 5.93. The van der Waals surface area contributed by atoms with Gasteiger partial charge in [-0.15, -0.1) is 0 Å². The molecule has 0 radical (unpaired) electrons. The Morgan fingerprint density at radius 3 is 2.45 bits per heavy atom. The zero-order valence-electron chi connectivity index (χ0n) is 17.6. The number of rotatable bonds is 5. The minimum Gasteiger partial charge on any atom is -0.444 e. The van der Waals surface area contributed by atoms with Gasteiger partial charge in [0.1, 0.15) is 18.0 Å². The lowest BCUT2D eigenvalue weighted by atomic mass is 10.2. The van der Waals surface area contributed by atoms with Gasteiger partial charge in [-0.1, -0.05) is 0 Å². The van der Waals surface area contributed by atoms with Crippen molar-refractivity contribution in [3.05, 3.63) is 57.7 Å². The van der Waals surface area contributed by atoms with Gasteiger partial charge < -0.3 is 23.7 Å². The third-order valence-corrected chi connectivity index (χ3v) is 4.44. The average molecular weight is 432 g/mol. The zero-order chi connectivity index (χ0) is 22.6. The summed E-state index contributed by atoms with van der Waals surface area (Å²) in [5, 5.41) is 10.7. The summed E-state index contributed by atoms with van der Waals surface area (Å²) in [6.07, 6.45) is 0.381. The molecule has 31 heavy (non-hydrogen) atoms. The fourth-order valence-corrected chi connectivity index (χ4v) is 2.97. The van der Waals surface area contributed by atoms with Gasteiger partial charge in [0.25, 0.3) is 5.69 Å². The monoisotopic (exact) mass is 432 g/mol. The van der Waals surface area contributed by atoms with Crippen molar-refractivity contribution in [2.75, 3.05) is 6.54 Å². The van der Waals surface area contributed by atoms with Gasteiger partial charge in [-0.05, 0) is 38.5 Å². The SMILES string of the molecule is CC(C)(C)OC(=O)N1CCn2c(cnc2COC(=O)OCc2ccc([N+](=O)[O-])cc2)C1. The minimum atomic E-state index is -0.873. The van der Waals surface area contributed by atoms with Crippen LogP contribution in [0.4, 0.5) is 15.3 Å². The number of hydrogen-bond acceptors (Lipinski definition) is 8. The third-order valence-electron chi connectivity index (χ3n) is 4.44. The Kier molecular flexibility index (Phi) is 6.42. The van der Waals surface area contributed by atoms with Crippen LogP contribution in [-0.4, -0.2) is 43.8 Å². The predicted octanol–water partition coefficient (Wildman–Crippen LogP) is 3.40. The average Bonchev–Trinajstić information content (AvgIpc) is 3.12. The van der Waals surface area contributed by atoms with E-state index in [1.807, 2.05) is 25.3 Å². The Morgan fingerprint density at radius 1 is 1.13 bits per heavy atom. The number of fused-ring (bicyclic) bond motifs is 1. The molecule has 1 aromatic heterocycles. The van der Waals surface area contributed by atoms with Gasteiger partial charge in [0.15, 0.2) is 6.61 Å². The molecule has 0 bridgehead atoms. The molecule has 0 saturated heterocycles. The standard InChI is InChI=1S/C20H24N4O7/c1-20(2,3)31-18(25)22-8-9-23-16(11-22)10-21-17(23)13-30-19(26)29-12-14-4-6-15(7-5-14)24(27)28/h4-7,10H,8-9,11-13H2,1-3H3. The number of amides is 1. The van der Waals surface area contributed by atoms with Crippen LogP contribution in [0.15, 0.2) is 30.5 Å². The maximum Gasteiger partial charge on any atom is 0.509 e. The molecule has 1 aliphatic rings. The van der Waals surface area contributed by atoms with Crippen LogP contribution in [0.2, 0.25) is 0 Å². The Balaban J connectivity index is 1.48. The van der Waals surface area contributed by atoms with Crippen molar-refractivity contribution >= 4 is 17.9 Å². The first-order valence-corrected chi connectivity index (χ1v) is 9.66. The number of aromatic nitrogens is 2. The first kappa shape index (κ1) is 22.1. The van der Waals surface area contributed by atoms with Gasteiger partial charge in [-0.25, -0.2) is 14.6 Å². The first-order valence-electron chi connectivity index (χ1n) is 9.66. The molecule has 1 aromatic carbocycles. The molecule has 2 heterocycles. The summed E-state index contributed by atoms with van der Waals surface area (Å²) in [5.41, 5.74) is 0.807. The Labute approximate surface area is 178 Å². The molecule has 1 aliphatic heterocycles. The smallest absolute Gasteiger partial charge is 0.444 e. The summed E-state index contributed by atoms with van der Waals surface area (Å²) < 4.78 is 17.4. The Bertz CT molecular complexity index is 963. The van der Waals surface area contributed by atoms with E-state index >= 15 is 0 Å².